The van der Waals surface area contributed by atoms with Crippen LogP contribution in [0, 0.1) is 23.7 Å². The van der Waals surface area contributed by atoms with Crippen molar-refractivity contribution in [3.63, 3.8) is 0 Å². The molecule has 2 aliphatic carbocycles. The molecule has 0 aromatic heterocycles. The van der Waals surface area contributed by atoms with Gasteiger partial charge in [-0.15, -0.1) is 0 Å². The summed E-state index contributed by atoms with van der Waals surface area (Å²) in [7, 11) is 2.17. The van der Waals surface area contributed by atoms with Gasteiger partial charge in [-0.05, 0) is 63.2 Å². The average molecular weight is 529 g/mol. The summed E-state index contributed by atoms with van der Waals surface area (Å²) in [6.45, 7) is 7.05. The predicted octanol–water partition coefficient (Wildman–Crippen LogP) is 3.89. The van der Waals surface area contributed by atoms with Crippen molar-refractivity contribution in [1.82, 2.24) is 9.80 Å². The molecule has 7 heteroatoms. The topological polar surface area (TPSA) is 79.3 Å². The van der Waals surface area contributed by atoms with Gasteiger partial charge in [0.2, 0.25) is 0 Å². The van der Waals surface area contributed by atoms with Crippen molar-refractivity contribution in [1.29, 1.82) is 0 Å². The van der Waals surface area contributed by atoms with Gasteiger partial charge >= 0.3 is 5.97 Å². The second-order valence-electron chi connectivity index (χ2n) is 12.0. The Morgan fingerprint density at radius 2 is 2.03 bits per heavy atom. The highest BCUT2D eigenvalue weighted by Gasteiger charge is 2.67. The lowest BCUT2D eigenvalue weighted by Gasteiger charge is -2.60. The molecular formula is C32H36N2O5. The maximum absolute atomic E-state index is 13.7. The number of rotatable bonds is 4. The summed E-state index contributed by atoms with van der Waals surface area (Å²) >= 11 is 0. The van der Waals surface area contributed by atoms with Gasteiger partial charge in [0.05, 0.1) is 6.04 Å². The molecule has 0 unspecified atom stereocenters. The van der Waals surface area contributed by atoms with E-state index in [1.807, 2.05) is 35.2 Å². The largest absolute Gasteiger partial charge is 0.508 e. The van der Waals surface area contributed by atoms with Crippen LogP contribution in [0.1, 0.15) is 56.7 Å². The van der Waals surface area contributed by atoms with Crippen LogP contribution in [-0.4, -0.2) is 65.1 Å². The second kappa shape index (κ2) is 9.60. The van der Waals surface area contributed by atoms with E-state index in [0.717, 1.165) is 48.9 Å². The summed E-state index contributed by atoms with van der Waals surface area (Å²) < 4.78 is 12.4. The minimum atomic E-state index is -0.459. The Morgan fingerprint density at radius 3 is 2.74 bits per heavy atom. The van der Waals surface area contributed by atoms with Crippen molar-refractivity contribution in [2.24, 2.45) is 11.8 Å². The number of esters is 1. The highest BCUT2D eigenvalue weighted by atomic mass is 16.6. The quantitative estimate of drug-likeness (QED) is 0.369. The van der Waals surface area contributed by atoms with E-state index in [-0.39, 0.29) is 46.9 Å². The number of ether oxygens (including phenoxy) is 2. The third-order valence-corrected chi connectivity index (χ3v) is 9.22. The zero-order chi connectivity index (χ0) is 27.5. The smallest absolute Gasteiger partial charge is 0.308 e. The number of amides is 1. The van der Waals surface area contributed by atoms with Crippen molar-refractivity contribution in [3.8, 4) is 29.1 Å². The van der Waals surface area contributed by atoms with Gasteiger partial charge in [0.25, 0.3) is 5.91 Å². The van der Waals surface area contributed by atoms with Crippen molar-refractivity contribution in [2.45, 2.75) is 70.1 Å². The van der Waals surface area contributed by atoms with E-state index in [1.54, 1.807) is 0 Å². The maximum Gasteiger partial charge on any atom is 0.308 e. The fourth-order valence-electron chi connectivity index (χ4n) is 7.79. The number of likely N-dealkylation sites (N-methyl/N-ethyl adjacent to an activating group) is 1. The van der Waals surface area contributed by atoms with E-state index >= 15 is 0 Å². The molecule has 1 saturated heterocycles. The molecule has 1 saturated carbocycles. The molecular weight excluding hydrogens is 492 g/mol. The number of hydrogen-bond acceptors (Lipinski definition) is 6. The van der Waals surface area contributed by atoms with Gasteiger partial charge in [0.15, 0.2) is 11.5 Å². The van der Waals surface area contributed by atoms with Crippen LogP contribution in [0.5, 0.6) is 17.2 Å². The van der Waals surface area contributed by atoms with E-state index in [9.17, 15) is 14.7 Å². The normalized spacial score (nSPS) is 28.1. The molecule has 2 bridgehead atoms. The number of aromatic hydroxyl groups is 1. The highest BCUT2D eigenvalue weighted by Crippen LogP contribution is 2.65. The van der Waals surface area contributed by atoms with E-state index < -0.39 is 5.97 Å². The van der Waals surface area contributed by atoms with Crippen molar-refractivity contribution in [2.75, 3.05) is 20.1 Å². The molecule has 0 radical (unpaired) electrons. The van der Waals surface area contributed by atoms with Crippen LogP contribution in [0.3, 0.4) is 0 Å². The number of hydrogen-bond donors (Lipinski definition) is 1. The summed E-state index contributed by atoms with van der Waals surface area (Å²) in [6.07, 6.45) is 3.04. The van der Waals surface area contributed by atoms with Gasteiger partial charge < -0.3 is 24.4 Å². The molecule has 2 fully saturated rings. The van der Waals surface area contributed by atoms with Gasteiger partial charge in [-0.2, -0.15) is 0 Å². The van der Waals surface area contributed by atoms with Gasteiger partial charge in [-0.3, -0.25) is 9.59 Å². The Balaban J connectivity index is 1.45. The minimum Gasteiger partial charge on any atom is -0.508 e. The van der Waals surface area contributed by atoms with E-state index in [1.165, 1.54) is 13.0 Å². The summed E-state index contributed by atoms with van der Waals surface area (Å²) in [4.78, 5) is 30.1. The van der Waals surface area contributed by atoms with Gasteiger partial charge in [0.1, 0.15) is 11.9 Å². The fourth-order valence-corrected chi connectivity index (χ4v) is 7.79. The zero-order valence-electron chi connectivity index (χ0n) is 23.1. The van der Waals surface area contributed by atoms with E-state index in [0.29, 0.717) is 18.2 Å². The molecule has 2 aromatic carbocycles. The van der Waals surface area contributed by atoms with Crippen molar-refractivity contribution >= 4 is 11.9 Å². The minimum absolute atomic E-state index is 0.151. The maximum atomic E-state index is 13.7. The number of likely N-dealkylation sites (tertiary alicyclic amines) is 1. The molecule has 2 aromatic rings. The van der Waals surface area contributed by atoms with Crippen LogP contribution in [0.25, 0.3) is 0 Å². The number of carbonyl (C=O) groups excluding carboxylic acids is 2. The molecule has 4 aliphatic rings. The van der Waals surface area contributed by atoms with Crippen molar-refractivity contribution < 1.29 is 24.2 Å². The number of phenolic OH excluding ortho intramolecular Hbond substituents is 1. The number of benzene rings is 2. The Hall–Kier alpha value is -3.50. The number of nitrogens with zero attached hydrogens (tertiary/aromatic N) is 2. The summed E-state index contributed by atoms with van der Waals surface area (Å²) in [5.74, 6) is 6.86. The lowest BCUT2D eigenvalue weighted by molar-refractivity contribution is -0.137. The average Bonchev–Trinajstić information content (AvgIpc) is 3.25. The summed E-state index contributed by atoms with van der Waals surface area (Å²) in [5.41, 5.74) is 2.33. The SMILES string of the molecule is CC(=O)Oc1cc(O)c2c3c1O[C@H]1[C@@H](N(CC(C)C)C(=O)C#Cc4ccccc4)CC[C@H]4[C@@H](C2)N(C)CC[C@@]341. The molecule has 6 rings (SSSR count). The number of carbonyl (C=O) groups is 2. The first-order valence-electron chi connectivity index (χ1n) is 14.0. The highest BCUT2D eigenvalue weighted by molar-refractivity contribution is 5.94. The first-order valence-corrected chi connectivity index (χ1v) is 14.0. The molecule has 204 valence electrons. The molecule has 2 aliphatic heterocycles. The monoisotopic (exact) mass is 528 g/mol. The second-order valence-corrected chi connectivity index (χ2v) is 12.0. The van der Waals surface area contributed by atoms with Crippen LogP contribution in [-0.2, 0) is 21.4 Å². The van der Waals surface area contributed by atoms with Crippen LogP contribution < -0.4 is 9.47 Å². The predicted molar refractivity (Wildman–Crippen MR) is 147 cm³/mol. The van der Waals surface area contributed by atoms with Crippen molar-refractivity contribution in [3.05, 3.63) is 53.1 Å². The standard InChI is InChI=1S/C32H36N2O5/c1-19(2)18-34(28(37)13-10-21-8-6-5-7-9-21)24-12-11-23-25-16-22-26(36)17-27(38-20(3)35)30-29(22)32(23,31(24)39-30)14-15-33(25)4/h5-9,17,19,23-25,31,36H,11-12,14-16,18H2,1-4H3/t23-,24-,25+,31-,32-/m0/s1. The Bertz CT molecular complexity index is 1380. The molecule has 1 N–H and O–H groups in total. The van der Waals surface area contributed by atoms with Gasteiger partial charge in [-0.1, -0.05) is 38.0 Å². The third kappa shape index (κ3) is 4.08. The lowest BCUT2D eigenvalue weighted by atomic mass is 9.51. The molecule has 2 heterocycles. The fraction of sp³-hybridized carbons (Fsp3) is 0.500. The Kier molecular flexibility index (Phi) is 6.34. The van der Waals surface area contributed by atoms with Gasteiger partial charge in [0, 0.05) is 53.6 Å². The summed E-state index contributed by atoms with van der Waals surface area (Å²) in [6, 6.07) is 11.2. The van der Waals surface area contributed by atoms with Crippen LogP contribution in [0.4, 0.5) is 0 Å². The van der Waals surface area contributed by atoms with Crippen LogP contribution in [0.15, 0.2) is 36.4 Å². The van der Waals surface area contributed by atoms with E-state index in [2.05, 4.69) is 37.6 Å². The zero-order valence-corrected chi connectivity index (χ0v) is 23.1. The molecule has 1 spiro atoms. The number of piperidine rings is 1. The lowest BCUT2D eigenvalue weighted by Crippen LogP contribution is -2.68. The van der Waals surface area contributed by atoms with E-state index in [4.69, 9.17) is 9.47 Å². The van der Waals surface area contributed by atoms with Crippen LogP contribution in [0.2, 0.25) is 0 Å². The molecule has 5 atom stereocenters. The first kappa shape index (κ1) is 25.8. The number of phenols is 1. The van der Waals surface area contributed by atoms with Gasteiger partial charge in [-0.25, -0.2) is 0 Å². The third-order valence-electron chi connectivity index (χ3n) is 9.22. The molecule has 7 nitrogen and oxygen atoms in total. The Morgan fingerprint density at radius 1 is 1.26 bits per heavy atom. The van der Waals surface area contributed by atoms with Crippen LogP contribution >= 0.6 is 0 Å². The Labute approximate surface area is 230 Å². The molecule has 1 amide bonds. The summed E-state index contributed by atoms with van der Waals surface area (Å²) in [5, 5.41) is 11.1. The molecule has 39 heavy (non-hydrogen) atoms. The first-order chi connectivity index (χ1) is 18.7.